The van der Waals surface area contributed by atoms with Crippen LogP contribution in [-0.4, -0.2) is 21.1 Å². The van der Waals surface area contributed by atoms with Crippen molar-refractivity contribution < 1.29 is 4.79 Å². The number of nitrogens with one attached hydrogen (secondary N) is 2. The van der Waals surface area contributed by atoms with E-state index in [9.17, 15) is 9.59 Å². The number of hydrogen-bond acceptors (Lipinski definition) is 4. The minimum atomic E-state index is -0.345. The number of aromatic amines is 1. The topological polar surface area (TPSA) is 87.7 Å². The first-order chi connectivity index (χ1) is 10.2. The van der Waals surface area contributed by atoms with Crippen LogP contribution in [0, 0.1) is 5.92 Å². The third kappa shape index (κ3) is 3.14. The molecule has 0 aromatic carbocycles. The first kappa shape index (κ1) is 14.2. The summed E-state index contributed by atoms with van der Waals surface area (Å²) in [4.78, 5) is 27.2. The Hall–Kier alpha value is -1.72. The van der Waals surface area contributed by atoms with Gasteiger partial charge in [0.1, 0.15) is 5.82 Å². The van der Waals surface area contributed by atoms with Crippen molar-refractivity contribution >= 4 is 5.91 Å². The molecule has 21 heavy (non-hydrogen) atoms. The van der Waals surface area contributed by atoms with Crippen molar-refractivity contribution in [2.75, 3.05) is 0 Å². The molecule has 6 nitrogen and oxygen atoms in total. The normalized spacial score (nSPS) is 20.4. The van der Waals surface area contributed by atoms with E-state index in [1.165, 1.54) is 0 Å². The molecular weight excluding hydrogens is 268 g/mol. The van der Waals surface area contributed by atoms with Gasteiger partial charge in [-0.25, -0.2) is 0 Å². The van der Waals surface area contributed by atoms with Gasteiger partial charge in [-0.2, -0.15) is 0 Å². The van der Waals surface area contributed by atoms with Gasteiger partial charge in [-0.05, 0) is 32.1 Å². The zero-order valence-corrected chi connectivity index (χ0v) is 12.4. The summed E-state index contributed by atoms with van der Waals surface area (Å²) in [7, 11) is 0. The van der Waals surface area contributed by atoms with E-state index in [0.29, 0.717) is 23.9 Å². The molecule has 1 aromatic rings. The van der Waals surface area contributed by atoms with Crippen molar-refractivity contribution in [3.8, 4) is 0 Å². The van der Waals surface area contributed by atoms with E-state index >= 15 is 0 Å². The summed E-state index contributed by atoms with van der Waals surface area (Å²) in [5.74, 6) is 1.19. The molecule has 0 aliphatic heterocycles. The van der Waals surface area contributed by atoms with Gasteiger partial charge in [-0.15, -0.1) is 10.2 Å². The Morgan fingerprint density at radius 2 is 2.00 bits per heavy atom. The fraction of sp³-hybridized carbons (Fsp3) is 0.733. The number of H-pyrrole nitrogens is 1. The molecule has 1 heterocycles. The summed E-state index contributed by atoms with van der Waals surface area (Å²) in [5.41, 5.74) is 0.110. The second kappa shape index (κ2) is 5.95. The smallest absolute Gasteiger partial charge is 0.275 e. The highest BCUT2D eigenvalue weighted by Crippen LogP contribution is 2.37. The van der Waals surface area contributed by atoms with Crippen LogP contribution >= 0.6 is 0 Å². The fourth-order valence-corrected chi connectivity index (χ4v) is 2.97. The first-order valence-electron chi connectivity index (χ1n) is 7.96. The lowest BCUT2D eigenvalue weighted by molar-refractivity contribution is -0.125. The molecule has 1 aromatic heterocycles. The van der Waals surface area contributed by atoms with Crippen LogP contribution in [-0.2, 0) is 4.79 Å². The van der Waals surface area contributed by atoms with Gasteiger partial charge >= 0.3 is 0 Å². The highest BCUT2D eigenvalue weighted by Gasteiger charge is 2.29. The number of amides is 1. The van der Waals surface area contributed by atoms with Gasteiger partial charge < -0.3 is 10.3 Å². The summed E-state index contributed by atoms with van der Waals surface area (Å²) in [6, 6.07) is -0.345. The minimum absolute atomic E-state index is 0.0480. The van der Waals surface area contributed by atoms with E-state index in [-0.39, 0.29) is 23.4 Å². The van der Waals surface area contributed by atoms with Gasteiger partial charge in [0.05, 0.1) is 6.04 Å². The largest absolute Gasteiger partial charge is 0.347 e. The summed E-state index contributed by atoms with van der Waals surface area (Å²) in [6.07, 6.45) is 6.91. The standard InChI is InChI=1S/C15H22N4O2/c1-2-11(16-14(20)10-5-3-4-6-10)12-15(21)17-13(19-18-12)9-7-8-9/h9-11H,2-8H2,1H3,(H,16,20)(H,17,19,21). The summed E-state index contributed by atoms with van der Waals surface area (Å²) in [5, 5.41) is 11.2. The van der Waals surface area contributed by atoms with Crippen molar-refractivity contribution in [3.05, 3.63) is 21.9 Å². The van der Waals surface area contributed by atoms with Crippen molar-refractivity contribution in [3.63, 3.8) is 0 Å². The van der Waals surface area contributed by atoms with E-state index in [0.717, 1.165) is 38.5 Å². The second-order valence-electron chi connectivity index (χ2n) is 6.15. The lowest BCUT2D eigenvalue weighted by Crippen LogP contribution is -2.36. The van der Waals surface area contributed by atoms with Gasteiger partial charge in [0.2, 0.25) is 5.91 Å². The van der Waals surface area contributed by atoms with Gasteiger partial charge in [0.15, 0.2) is 5.69 Å². The van der Waals surface area contributed by atoms with Crippen molar-refractivity contribution in [2.45, 2.75) is 63.8 Å². The minimum Gasteiger partial charge on any atom is -0.347 e. The summed E-state index contributed by atoms with van der Waals surface area (Å²) >= 11 is 0. The molecule has 6 heteroatoms. The van der Waals surface area contributed by atoms with Crippen LogP contribution in [0.2, 0.25) is 0 Å². The van der Waals surface area contributed by atoms with Crippen molar-refractivity contribution in [1.82, 2.24) is 20.5 Å². The average molecular weight is 290 g/mol. The summed E-state index contributed by atoms with van der Waals surface area (Å²) in [6.45, 7) is 1.94. The predicted molar refractivity (Wildman–Crippen MR) is 77.8 cm³/mol. The van der Waals surface area contributed by atoms with E-state index in [1.54, 1.807) is 0 Å². The van der Waals surface area contributed by atoms with Crippen LogP contribution in [0.15, 0.2) is 4.79 Å². The zero-order valence-electron chi connectivity index (χ0n) is 12.4. The zero-order chi connectivity index (χ0) is 14.8. The quantitative estimate of drug-likeness (QED) is 0.865. The molecule has 0 bridgehead atoms. The molecule has 1 atom stereocenters. The maximum atomic E-state index is 12.2. The Labute approximate surface area is 123 Å². The molecule has 0 radical (unpaired) electrons. The summed E-state index contributed by atoms with van der Waals surface area (Å²) < 4.78 is 0. The molecule has 1 unspecified atom stereocenters. The van der Waals surface area contributed by atoms with Crippen LogP contribution in [0.25, 0.3) is 0 Å². The van der Waals surface area contributed by atoms with E-state index in [1.807, 2.05) is 6.92 Å². The maximum absolute atomic E-state index is 12.2. The highest BCUT2D eigenvalue weighted by molar-refractivity contribution is 5.79. The predicted octanol–water partition coefficient (Wildman–Crippen LogP) is 1.80. The highest BCUT2D eigenvalue weighted by atomic mass is 16.2. The van der Waals surface area contributed by atoms with E-state index in [2.05, 4.69) is 20.5 Å². The molecule has 0 saturated heterocycles. The molecule has 114 valence electrons. The third-order valence-corrected chi connectivity index (χ3v) is 4.48. The number of carbonyl (C=O) groups is 1. The van der Waals surface area contributed by atoms with E-state index < -0.39 is 0 Å². The van der Waals surface area contributed by atoms with Gasteiger partial charge in [-0.3, -0.25) is 9.59 Å². The SMILES string of the molecule is CCC(NC(=O)C1CCCC1)c1nnc(C2CC2)[nH]c1=O. The van der Waals surface area contributed by atoms with Gasteiger partial charge in [0, 0.05) is 11.8 Å². The molecule has 2 aliphatic rings. The number of aromatic nitrogens is 3. The third-order valence-electron chi connectivity index (χ3n) is 4.48. The Morgan fingerprint density at radius 1 is 1.29 bits per heavy atom. The van der Waals surface area contributed by atoms with Crippen LogP contribution in [0.4, 0.5) is 0 Å². The molecule has 3 rings (SSSR count). The number of nitrogens with zero attached hydrogens (tertiary/aromatic N) is 2. The van der Waals surface area contributed by atoms with Crippen LogP contribution in [0.1, 0.15) is 75.3 Å². The Balaban J connectivity index is 1.73. The first-order valence-corrected chi connectivity index (χ1v) is 7.96. The fourth-order valence-electron chi connectivity index (χ4n) is 2.97. The Bertz CT molecular complexity index is 573. The number of carbonyl (C=O) groups excluding carboxylic acids is 1. The second-order valence-corrected chi connectivity index (χ2v) is 6.15. The Morgan fingerprint density at radius 3 is 2.57 bits per heavy atom. The van der Waals surface area contributed by atoms with E-state index in [4.69, 9.17) is 0 Å². The molecular formula is C15H22N4O2. The number of rotatable bonds is 5. The molecule has 2 saturated carbocycles. The average Bonchev–Trinajstić information content (AvgIpc) is 3.19. The van der Waals surface area contributed by atoms with Gasteiger partial charge in [-0.1, -0.05) is 19.8 Å². The van der Waals surface area contributed by atoms with Crippen LogP contribution in [0.3, 0.4) is 0 Å². The van der Waals surface area contributed by atoms with Gasteiger partial charge in [0.25, 0.3) is 5.56 Å². The van der Waals surface area contributed by atoms with Crippen molar-refractivity contribution in [2.24, 2.45) is 5.92 Å². The Kier molecular flexibility index (Phi) is 4.03. The van der Waals surface area contributed by atoms with Crippen LogP contribution < -0.4 is 10.9 Å². The molecule has 1 amide bonds. The van der Waals surface area contributed by atoms with Crippen LogP contribution in [0.5, 0.6) is 0 Å². The molecule has 2 N–H and O–H groups in total. The maximum Gasteiger partial charge on any atom is 0.275 e. The molecule has 2 aliphatic carbocycles. The number of hydrogen-bond donors (Lipinski definition) is 2. The lowest BCUT2D eigenvalue weighted by Gasteiger charge is -2.18. The monoisotopic (exact) mass is 290 g/mol. The molecule has 2 fully saturated rings. The molecule has 0 spiro atoms. The lowest BCUT2D eigenvalue weighted by atomic mass is 10.1. The van der Waals surface area contributed by atoms with Crippen molar-refractivity contribution in [1.29, 1.82) is 0 Å².